The predicted octanol–water partition coefficient (Wildman–Crippen LogP) is 1.26. The lowest BCUT2D eigenvalue weighted by Gasteiger charge is -2.10. The monoisotopic (exact) mass is 237 g/mol. The van der Waals surface area contributed by atoms with E-state index in [2.05, 4.69) is 5.32 Å². The molecule has 0 spiro atoms. The average Bonchev–Trinajstić information content (AvgIpc) is 3.13. The molecular weight excluding hydrogens is 221 g/mol. The first-order valence-corrected chi connectivity index (χ1v) is 5.85. The molecule has 1 aliphatic carbocycles. The Morgan fingerprint density at radius 2 is 2.18 bits per heavy atom. The lowest BCUT2D eigenvalue weighted by Crippen LogP contribution is -2.34. The molecule has 1 aromatic carbocycles. The number of hydrogen-bond donors (Lipinski definition) is 2. The average molecular weight is 237 g/mol. The fourth-order valence-corrected chi connectivity index (χ4v) is 1.74. The smallest absolute Gasteiger partial charge is 0.224 e. The summed E-state index contributed by atoms with van der Waals surface area (Å²) >= 11 is 0. The quantitative estimate of drug-likeness (QED) is 0.810. The Morgan fingerprint density at radius 3 is 2.82 bits per heavy atom. The molecule has 0 aliphatic heterocycles. The molecular formula is C13H16FNO2. The van der Waals surface area contributed by atoms with Crippen LogP contribution in [0.25, 0.3) is 0 Å². The number of carbonyl (C=O) groups excluding carboxylic acids is 1. The molecule has 2 N–H and O–H groups in total. The molecule has 17 heavy (non-hydrogen) atoms. The third kappa shape index (κ3) is 3.53. The van der Waals surface area contributed by atoms with Gasteiger partial charge in [-0.25, -0.2) is 4.39 Å². The zero-order chi connectivity index (χ0) is 12.3. The molecule has 0 heterocycles. The minimum absolute atomic E-state index is 0.0179. The van der Waals surface area contributed by atoms with Gasteiger partial charge in [0.1, 0.15) is 5.82 Å². The van der Waals surface area contributed by atoms with Crippen LogP contribution < -0.4 is 5.32 Å². The Bertz CT molecular complexity index is 404. The number of amides is 1. The molecule has 0 radical (unpaired) electrons. The molecule has 1 aliphatic rings. The van der Waals surface area contributed by atoms with Crippen molar-refractivity contribution in [3.05, 3.63) is 35.6 Å². The van der Waals surface area contributed by atoms with Gasteiger partial charge in [0.2, 0.25) is 5.91 Å². The highest BCUT2D eigenvalue weighted by Crippen LogP contribution is 2.32. The van der Waals surface area contributed by atoms with E-state index in [1.165, 1.54) is 6.07 Å². The maximum absolute atomic E-state index is 13.3. The Labute approximate surface area is 99.7 Å². The van der Waals surface area contributed by atoms with Crippen LogP contribution in [0.4, 0.5) is 4.39 Å². The normalized spacial score (nSPS) is 16.6. The van der Waals surface area contributed by atoms with Crippen LogP contribution in [0.3, 0.4) is 0 Å². The van der Waals surface area contributed by atoms with E-state index >= 15 is 0 Å². The number of aliphatic hydroxyl groups excluding tert-OH is 1. The second kappa shape index (κ2) is 5.27. The summed E-state index contributed by atoms with van der Waals surface area (Å²) in [6.07, 6.45) is 1.62. The van der Waals surface area contributed by atoms with Gasteiger partial charge in [0.15, 0.2) is 0 Å². The maximum Gasteiger partial charge on any atom is 0.224 e. The highest BCUT2D eigenvalue weighted by atomic mass is 19.1. The second-order valence-electron chi connectivity index (χ2n) is 4.48. The van der Waals surface area contributed by atoms with Crippen molar-refractivity contribution < 1.29 is 14.3 Å². The van der Waals surface area contributed by atoms with Gasteiger partial charge in [0, 0.05) is 6.54 Å². The van der Waals surface area contributed by atoms with Gasteiger partial charge in [-0.1, -0.05) is 18.2 Å². The number of carbonyl (C=O) groups is 1. The number of hydrogen-bond acceptors (Lipinski definition) is 2. The minimum Gasteiger partial charge on any atom is -0.391 e. The lowest BCUT2D eigenvalue weighted by atomic mass is 10.1. The highest BCUT2D eigenvalue weighted by molar-refractivity contribution is 5.78. The molecule has 1 fully saturated rings. The molecule has 4 heteroatoms. The first kappa shape index (κ1) is 12.0. The van der Waals surface area contributed by atoms with Gasteiger partial charge in [-0.2, -0.15) is 0 Å². The molecule has 1 amide bonds. The van der Waals surface area contributed by atoms with Crippen LogP contribution in [0.1, 0.15) is 18.4 Å². The van der Waals surface area contributed by atoms with Crippen LogP contribution in [0.2, 0.25) is 0 Å². The number of benzene rings is 1. The van der Waals surface area contributed by atoms with Gasteiger partial charge in [0.05, 0.1) is 12.5 Å². The van der Waals surface area contributed by atoms with E-state index in [0.29, 0.717) is 11.5 Å². The van der Waals surface area contributed by atoms with Crippen LogP contribution >= 0.6 is 0 Å². The number of halogens is 1. The number of aliphatic hydroxyl groups is 1. The summed E-state index contributed by atoms with van der Waals surface area (Å²) in [6, 6.07) is 6.21. The van der Waals surface area contributed by atoms with E-state index in [1.807, 2.05) is 0 Å². The van der Waals surface area contributed by atoms with Crippen LogP contribution in [0.15, 0.2) is 24.3 Å². The van der Waals surface area contributed by atoms with Crippen LogP contribution in [-0.4, -0.2) is 23.7 Å². The topological polar surface area (TPSA) is 49.3 Å². The third-order valence-corrected chi connectivity index (χ3v) is 2.98. The van der Waals surface area contributed by atoms with Gasteiger partial charge >= 0.3 is 0 Å². The molecule has 1 atom stereocenters. The van der Waals surface area contributed by atoms with Crippen LogP contribution in [0.5, 0.6) is 0 Å². The van der Waals surface area contributed by atoms with Crippen molar-refractivity contribution in [2.24, 2.45) is 5.92 Å². The molecule has 3 nitrogen and oxygen atoms in total. The molecule has 1 unspecified atom stereocenters. The standard InChI is InChI=1S/C13H16FNO2/c14-11-4-2-1-3-10(11)7-13(17)15-8-12(16)9-5-6-9/h1-4,9,12,16H,5-8H2,(H,15,17). The van der Waals surface area contributed by atoms with Crippen LogP contribution in [-0.2, 0) is 11.2 Å². The number of nitrogens with one attached hydrogen (secondary N) is 1. The van der Waals surface area contributed by atoms with Gasteiger partial charge in [-0.05, 0) is 30.4 Å². The van der Waals surface area contributed by atoms with E-state index in [1.54, 1.807) is 18.2 Å². The third-order valence-electron chi connectivity index (χ3n) is 2.98. The van der Waals surface area contributed by atoms with Crippen molar-refractivity contribution in [2.75, 3.05) is 6.54 Å². The minimum atomic E-state index is -0.459. The molecule has 2 rings (SSSR count). The molecule has 1 saturated carbocycles. The maximum atomic E-state index is 13.3. The van der Waals surface area contributed by atoms with E-state index in [9.17, 15) is 14.3 Å². The predicted molar refractivity (Wildman–Crippen MR) is 61.8 cm³/mol. The lowest BCUT2D eigenvalue weighted by molar-refractivity contribution is -0.121. The summed E-state index contributed by atoms with van der Waals surface area (Å²) in [7, 11) is 0. The molecule has 92 valence electrons. The van der Waals surface area contributed by atoms with Gasteiger partial charge < -0.3 is 10.4 Å². The highest BCUT2D eigenvalue weighted by Gasteiger charge is 2.29. The largest absolute Gasteiger partial charge is 0.391 e. The molecule has 0 bridgehead atoms. The molecule has 0 saturated heterocycles. The summed E-state index contributed by atoms with van der Waals surface area (Å²) in [6.45, 7) is 0.262. The first-order valence-electron chi connectivity index (χ1n) is 5.85. The van der Waals surface area contributed by atoms with E-state index in [-0.39, 0.29) is 24.7 Å². The first-order chi connectivity index (χ1) is 8.16. The van der Waals surface area contributed by atoms with Crippen molar-refractivity contribution >= 4 is 5.91 Å². The zero-order valence-electron chi connectivity index (χ0n) is 9.53. The van der Waals surface area contributed by atoms with Gasteiger partial charge in [-0.15, -0.1) is 0 Å². The van der Waals surface area contributed by atoms with Gasteiger partial charge in [-0.3, -0.25) is 4.79 Å². The van der Waals surface area contributed by atoms with Crippen molar-refractivity contribution in [1.29, 1.82) is 0 Å². The number of rotatable bonds is 5. The second-order valence-corrected chi connectivity index (χ2v) is 4.48. The summed E-state index contributed by atoms with van der Waals surface area (Å²) in [4.78, 5) is 11.5. The van der Waals surface area contributed by atoms with E-state index < -0.39 is 6.10 Å². The Kier molecular flexibility index (Phi) is 3.74. The summed E-state index contributed by atoms with van der Waals surface area (Å²) < 4.78 is 13.3. The Hall–Kier alpha value is -1.42. The van der Waals surface area contributed by atoms with Crippen molar-refractivity contribution in [3.63, 3.8) is 0 Å². The SMILES string of the molecule is O=C(Cc1ccccc1F)NCC(O)C1CC1. The summed E-state index contributed by atoms with van der Waals surface area (Å²) in [5.74, 6) is -0.288. The summed E-state index contributed by atoms with van der Waals surface area (Å²) in [5.41, 5.74) is 0.380. The molecule has 1 aromatic rings. The van der Waals surface area contributed by atoms with Crippen molar-refractivity contribution in [2.45, 2.75) is 25.4 Å². The molecule has 0 aromatic heterocycles. The summed E-state index contributed by atoms with van der Waals surface area (Å²) in [5, 5.41) is 12.2. The van der Waals surface area contributed by atoms with E-state index in [4.69, 9.17) is 0 Å². The van der Waals surface area contributed by atoms with Gasteiger partial charge in [0.25, 0.3) is 0 Å². The van der Waals surface area contributed by atoms with Crippen molar-refractivity contribution in [3.8, 4) is 0 Å². The zero-order valence-corrected chi connectivity index (χ0v) is 9.53. The fraction of sp³-hybridized carbons (Fsp3) is 0.462. The van der Waals surface area contributed by atoms with Crippen molar-refractivity contribution in [1.82, 2.24) is 5.32 Å². The van der Waals surface area contributed by atoms with Crippen LogP contribution in [0, 0.1) is 11.7 Å². The Morgan fingerprint density at radius 1 is 1.47 bits per heavy atom. The fourth-order valence-electron chi connectivity index (χ4n) is 1.74. The van der Waals surface area contributed by atoms with E-state index in [0.717, 1.165) is 12.8 Å². The Balaban J connectivity index is 1.78.